The Morgan fingerprint density at radius 1 is 1.04 bits per heavy atom. The van der Waals surface area contributed by atoms with E-state index in [4.69, 9.17) is 5.73 Å². The standard InChI is InChI=1S/C19H31N3O3/c20-16(23)4-1-5-17(24)22-12-2-3-15(22)13-21-18(25)19-9-6-14(7-10-19)8-11-19/h14-15H,1-13H2,(H2,20,23)(H,21,25)/t14?,15-,19?/m1/s1. The number of primary amides is 1. The Labute approximate surface area is 149 Å². The van der Waals surface area contributed by atoms with Gasteiger partial charge in [-0.1, -0.05) is 0 Å². The Morgan fingerprint density at radius 2 is 1.72 bits per heavy atom. The number of hydrogen-bond acceptors (Lipinski definition) is 3. The smallest absolute Gasteiger partial charge is 0.226 e. The lowest BCUT2D eigenvalue weighted by atomic mass is 9.60. The van der Waals surface area contributed by atoms with Crippen LogP contribution in [0.3, 0.4) is 0 Å². The Morgan fingerprint density at radius 3 is 2.36 bits per heavy atom. The Balaban J connectivity index is 1.47. The van der Waals surface area contributed by atoms with Gasteiger partial charge in [-0.2, -0.15) is 0 Å². The van der Waals surface area contributed by atoms with Crippen molar-refractivity contribution in [3.63, 3.8) is 0 Å². The normalized spacial score (nSPS) is 31.1. The van der Waals surface area contributed by atoms with E-state index in [0.29, 0.717) is 19.4 Å². The molecule has 3 N–H and O–H groups in total. The summed E-state index contributed by atoms with van der Waals surface area (Å²) in [6.07, 6.45) is 9.73. The predicted octanol–water partition coefficient (Wildman–Crippen LogP) is 1.72. The van der Waals surface area contributed by atoms with Crippen molar-refractivity contribution >= 4 is 17.7 Å². The summed E-state index contributed by atoms with van der Waals surface area (Å²) in [5.41, 5.74) is 4.99. The molecule has 0 aromatic carbocycles. The van der Waals surface area contributed by atoms with Crippen molar-refractivity contribution in [2.75, 3.05) is 13.1 Å². The molecule has 1 heterocycles. The van der Waals surface area contributed by atoms with E-state index in [1.165, 1.54) is 19.3 Å². The SMILES string of the molecule is NC(=O)CCCC(=O)N1CCC[C@@H]1CNC(=O)C12CCC(CC1)CC2. The molecule has 6 nitrogen and oxygen atoms in total. The summed E-state index contributed by atoms with van der Waals surface area (Å²) in [6, 6.07) is 0.0985. The molecule has 0 aromatic heterocycles. The summed E-state index contributed by atoms with van der Waals surface area (Å²) >= 11 is 0. The third kappa shape index (κ3) is 4.15. The fraction of sp³-hybridized carbons (Fsp3) is 0.842. The third-order valence-electron chi connectivity index (χ3n) is 6.58. The van der Waals surface area contributed by atoms with Crippen molar-refractivity contribution in [3.8, 4) is 0 Å². The first-order valence-electron chi connectivity index (χ1n) is 9.86. The zero-order chi connectivity index (χ0) is 17.9. The molecule has 1 aliphatic heterocycles. The minimum absolute atomic E-state index is 0.0781. The van der Waals surface area contributed by atoms with Crippen molar-refractivity contribution in [1.29, 1.82) is 0 Å². The van der Waals surface area contributed by atoms with Crippen LogP contribution in [0.15, 0.2) is 0 Å². The van der Waals surface area contributed by atoms with Crippen molar-refractivity contribution in [1.82, 2.24) is 10.2 Å². The summed E-state index contributed by atoms with van der Waals surface area (Å²) < 4.78 is 0. The molecule has 4 aliphatic rings. The number of likely N-dealkylation sites (tertiary alicyclic amines) is 1. The van der Waals surface area contributed by atoms with Crippen LogP contribution in [-0.2, 0) is 14.4 Å². The summed E-state index contributed by atoms with van der Waals surface area (Å²) in [5.74, 6) is 0.769. The highest BCUT2D eigenvalue weighted by atomic mass is 16.2. The van der Waals surface area contributed by atoms with Crippen LogP contribution < -0.4 is 11.1 Å². The number of amides is 3. The first-order chi connectivity index (χ1) is 12.0. The minimum atomic E-state index is -0.362. The quantitative estimate of drug-likeness (QED) is 0.733. The molecule has 0 radical (unpaired) electrons. The number of nitrogens with two attached hydrogens (primary N) is 1. The number of carbonyl (C=O) groups excluding carboxylic acids is 3. The third-order valence-corrected chi connectivity index (χ3v) is 6.58. The monoisotopic (exact) mass is 349 g/mol. The lowest BCUT2D eigenvalue weighted by Crippen LogP contribution is -2.50. The summed E-state index contributed by atoms with van der Waals surface area (Å²) in [5, 5.41) is 3.16. The van der Waals surface area contributed by atoms with Gasteiger partial charge in [0.15, 0.2) is 0 Å². The Kier molecular flexibility index (Phi) is 5.64. The van der Waals surface area contributed by atoms with Gasteiger partial charge in [-0.25, -0.2) is 0 Å². The predicted molar refractivity (Wildman–Crippen MR) is 94.4 cm³/mol. The molecule has 1 atom stereocenters. The van der Waals surface area contributed by atoms with Gasteiger partial charge in [0.2, 0.25) is 17.7 Å². The van der Waals surface area contributed by atoms with E-state index < -0.39 is 0 Å². The highest BCUT2D eigenvalue weighted by Gasteiger charge is 2.45. The maximum absolute atomic E-state index is 12.8. The number of fused-ring (bicyclic) bond motifs is 3. The van der Waals surface area contributed by atoms with E-state index in [1.54, 1.807) is 0 Å². The second-order valence-corrected chi connectivity index (χ2v) is 8.18. The first kappa shape index (κ1) is 18.2. The molecule has 140 valence electrons. The van der Waals surface area contributed by atoms with E-state index in [0.717, 1.165) is 44.6 Å². The fourth-order valence-electron chi connectivity index (χ4n) is 4.92. The fourth-order valence-corrected chi connectivity index (χ4v) is 4.92. The second-order valence-electron chi connectivity index (χ2n) is 8.18. The molecule has 3 aliphatic carbocycles. The van der Waals surface area contributed by atoms with Gasteiger partial charge in [0.1, 0.15) is 0 Å². The molecule has 0 unspecified atom stereocenters. The molecule has 4 fully saturated rings. The zero-order valence-corrected chi connectivity index (χ0v) is 15.1. The number of hydrogen-bond donors (Lipinski definition) is 2. The Bertz CT molecular complexity index is 512. The molecular formula is C19H31N3O3. The van der Waals surface area contributed by atoms with Crippen molar-refractivity contribution in [2.24, 2.45) is 17.1 Å². The van der Waals surface area contributed by atoms with Gasteiger partial charge in [-0.15, -0.1) is 0 Å². The zero-order valence-electron chi connectivity index (χ0n) is 15.1. The topological polar surface area (TPSA) is 92.5 Å². The minimum Gasteiger partial charge on any atom is -0.370 e. The van der Waals surface area contributed by atoms with E-state index in [-0.39, 0.29) is 35.6 Å². The average molecular weight is 349 g/mol. The van der Waals surface area contributed by atoms with Crippen LogP contribution in [0.2, 0.25) is 0 Å². The molecule has 3 saturated carbocycles. The lowest BCUT2D eigenvalue weighted by Gasteiger charge is -2.45. The van der Waals surface area contributed by atoms with Gasteiger partial charge in [0.05, 0.1) is 0 Å². The molecule has 2 bridgehead atoms. The van der Waals surface area contributed by atoms with Crippen molar-refractivity contribution in [3.05, 3.63) is 0 Å². The van der Waals surface area contributed by atoms with Crippen molar-refractivity contribution in [2.45, 2.75) is 76.7 Å². The van der Waals surface area contributed by atoms with Crippen LogP contribution in [0, 0.1) is 11.3 Å². The molecule has 3 amide bonds. The van der Waals surface area contributed by atoms with E-state index in [1.807, 2.05) is 4.90 Å². The van der Waals surface area contributed by atoms with Gasteiger partial charge in [-0.05, 0) is 63.7 Å². The van der Waals surface area contributed by atoms with E-state index in [9.17, 15) is 14.4 Å². The van der Waals surface area contributed by atoms with Crippen LogP contribution in [0.4, 0.5) is 0 Å². The number of rotatable bonds is 7. The highest BCUT2D eigenvalue weighted by Crippen LogP contribution is 2.50. The average Bonchev–Trinajstić information content (AvgIpc) is 3.09. The molecular weight excluding hydrogens is 318 g/mol. The highest BCUT2D eigenvalue weighted by molar-refractivity contribution is 5.83. The summed E-state index contributed by atoms with van der Waals surface area (Å²) in [6.45, 7) is 1.31. The molecule has 0 spiro atoms. The molecule has 25 heavy (non-hydrogen) atoms. The van der Waals surface area contributed by atoms with Gasteiger partial charge in [0.25, 0.3) is 0 Å². The van der Waals surface area contributed by atoms with Crippen LogP contribution in [0.1, 0.15) is 70.6 Å². The lowest BCUT2D eigenvalue weighted by molar-refractivity contribution is -0.138. The molecule has 0 aromatic rings. The van der Waals surface area contributed by atoms with Crippen LogP contribution in [0.25, 0.3) is 0 Å². The van der Waals surface area contributed by atoms with Gasteiger partial charge in [0, 0.05) is 37.4 Å². The van der Waals surface area contributed by atoms with Gasteiger partial charge < -0.3 is 16.0 Å². The maximum Gasteiger partial charge on any atom is 0.226 e. The first-order valence-corrected chi connectivity index (χ1v) is 9.86. The maximum atomic E-state index is 12.8. The van der Waals surface area contributed by atoms with Crippen LogP contribution in [-0.4, -0.2) is 41.8 Å². The van der Waals surface area contributed by atoms with E-state index in [2.05, 4.69) is 5.32 Å². The Hall–Kier alpha value is -1.59. The second kappa shape index (κ2) is 7.75. The number of nitrogens with zero attached hydrogens (tertiary/aromatic N) is 1. The number of carbonyl (C=O) groups is 3. The van der Waals surface area contributed by atoms with Crippen LogP contribution >= 0.6 is 0 Å². The van der Waals surface area contributed by atoms with Gasteiger partial charge >= 0.3 is 0 Å². The molecule has 6 heteroatoms. The summed E-state index contributed by atoms with van der Waals surface area (Å²) in [7, 11) is 0. The van der Waals surface area contributed by atoms with Gasteiger partial charge in [-0.3, -0.25) is 14.4 Å². The van der Waals surface area contributed by atoms with Crippen molar-refractivity contribution < 1.29 is 14.4 Å². The number of nitrogens with one attached hydrogen (secondary N) is 1. The largest absolute Gasteiger partial charge is 0.370 e. The van der Waals surface area contributed by atoms with Crippen LogP contribution in [0.5, 0.6) is 0 Å². The summed E-state index contributed by atoms with van der Waals surface area (Å²) in [4.78, 5) is 37.9. The molecule has 1 saturated heterocycles. The van der Waals surface area contributed by atoms with E-state index >= 15 is 0 Å². The molecule has 4 rings (SSSR count).